The summed E-state index contributed by atoms with van der Waals surface area (Å²) in [4.78, 5) is 17.2. The number of ether oxygens (including phenoxy) is 3. The summed E-state index contributed by atoms with van der Waals surface area (Å²) >= 11 is 0. The molecule has 0 saturated heterocycles. The molecule has 0 unspecified atom stereocenters. The Bertz CT molecular complexity index is 575. The number of carbonyl (C=O) groups excluding carboxylic acids is 1. The number of rotatable bonds is 11. The van der Waals surface area contributed by atoms with Gasteiger partial charge in [-0.1, -0.05) is 6.92 Å². The quantitative estimate of drug-likeness (QED) is 0.620. The Morgan fingerprint density at radius 2 is 2.04 bits per heavy atom. The minimum Gasteiger partial charge on any atom is -0.475 e. The van der Waals surface area contributed by atoms with Crippen LogP contribution in [0.5, 0.6) is 5.88 Å². The highest BCUT2D eigenvalue weighted by Gasteiger charge is 2.48. The molecule has 0 radical (unpaired) electrons. The van der Waals surface area contributed by atoms with Crippen LogP contribution >= 0.6 is 0 Å². The van der Waals surface area contributed by atoms with E-state index in [9.17, 15) is 4.79 Å². The lowest BCUT2D eigenvalue weighted by Gasteiger charge is -2.29. The molecule has 1 saturated carbocycles. The fourth-order valence-corrected chi connectivity index (χ4v) is 2.66. The molecule has 1 fully saturated rings. The predicted molar refractivity (Wildman–Crippen MR) is 97.0 cm³/mol. The monoisotopic (exact) mass is 350 g/mol. The first-order valence-corrected chi connectivity index (χ1v) is 9.14. The van der Waals surface area contributed by atoms with E-state index in [1.165, 1.54) is 0 Å². The minimum atomic E-state index is -0.769. The lowest BCUT2D eigenvalue weighted by Crippen LogP contribution is -2.45. The van der Waals surface area contributed by atoms with Crippen LogP contribution in [-0.2, 0) is 14.3 Å². The van der Waals surface area contributed by atoms with E-state index in [-0.39, 0.29) is 5.91 Å². The number of nitrogens with zero attached hydrogens (tertiary/aromatic N) is 1. The van der Waals surface area contributed by atoms with Gasteiger partial charge in [-0.25, -0.2) is 4.98 Å². The highest BCUT2D eigenvalue weighted by molar-refractivity contribution is 5.98. The Hall–Kier alpha value is -1.66. The zero-order chi connectivity index (χ0) is 18.3. The molecule has 0 spiro atoms. The highest BCUT2D eigenvalue weighted by Crippen LogP contribution is 2.42. The molecule has 2 rings (SSSR count). The Labute approximate surface area is 150 Å². The maximum atomic E-state index is 12.8. The summed E-state index contributed by atoms with van der Waals surface area (Å²) in [6.07, 6.45) is 2.97. The van der Waals surface area contributed by atoms with Crippen molar-refractivity contribution in [3.05, 3.63) is 17.8 Å². The maximum Gasteiger partial charge on any atom is 0.256 e. The van der Waals surface area contributed by atoms with Crippen molar-refractivity contribution in [2.75, 3.05) is 31.7 Å². The van der Waals surface area contributed by atoms with Gasteiger partial charge in [0.05, 0.1) is 18.0 Å². The summed E-state index contributed by atoms with van der Waals surface area (Å²) in [5, 5.41) is 2.98. The van der Waals surface area contributed by atoms with Crippen LogP contribution in [0.1, 0.15) is 45.7 Å². The summed E-state index contributed by atoms with van der Waals surface area (Å²) in [7, 11) is 0. The van der Waals surface area contributed by atoms with E-state index in [0.29, 0.717) is 43.9 Å². The van der Waals surface area contributed by atoms with Crippen LogP contribution in [0, 0.1) is 12.8 Å². The molecule has 1 aliphatic carbocycles. The van der Waals surface area contributed by atoms with Crippen LogP contribution < -0.4 is 10.1 Å². The van der Waals surface area contributed by atoms with Crippen molar-refractivity contribution in [2.24, 2.45) is 5.92 Å². The Balaban J connectivity index is 1.97. The van der Waals surface area contributed by atoms with E-state index in [4.69, 9.17) is 14.2 Å². The number of amides is 1. The molecule has 0 bridgehead atoms. The maximum absolute atomic E-state index is 12.8. The third kappa shape index (κ3) is 5.41. The van der Waals surface area contributed by atoms with Crippen molar-refractivity contribution in [2.45, 2.75) is 52.6 Å². The normalized spacial score (nSPS) is 16.3. The van der Waals surface area contributed by atoms with Crippen molar-refractivity contribution >= 4 is 11.6 Å². The molecular weight excluding hydrogens is 320 g/mol. The van der Waals surface area contributed by atoms with Gasteiger partial charge in [0, 0.05) is 19.3 Å². The van der Waals surface area contributed by atoms with Crippen LogP contribution in [0.25, 0.3) is 0 Å². The lowest BCUT2D eigenvalue weighted by atomic mass is 9.98. The summed E-state index contributed by atoms with van der Waals surface area (Å²) < 4.78 is 16.7. The first kappa shape index (κ1) is 19.7. The fraction of sp³-hybridized carbons (Fsp3) is 0.684. The first-order chi connectivity index (χ1) is 12.0. The van der Waals surface area contributed by atoms with E-state index in [1.807, 2.05) is 33.8 Å². The van der Waals surface area contributed by atoms with Crippen LogP contribution in [-0.4, -0.2) is 42.9 Å². The Kier molecular flexibility index (Phi) is 7.20. The number of nitrogens with one attached hydrogen (secondary N) is 1. The zero-order valence-electron chi connectivity index (χ0n) is 15.8. The van der Waals surface area contributed by atoms with Crippen molar-refractivity contribution in [1.82, 2.24) is 4.98 Å². The molecule has 1 heterocycles. The number of aromatic nitrogens is 1. The van der Waals surface area contributed by atoms with Gasteiger partial charge in [0.2, 0.25) is 5.88 Å². The van der Waals surface area contributed by atoms with E-state index >= 15 is 0 Å². The van der Waals surface area contributed by atoms with E-state index in [2.05, 4.69) is 10.3 Å². The predicted octanol–water partition coefficient (Wildman–Crippen LogP) is 3.34. The SMILES string of the molecule is CCCO[C@](C)(C(=O)Nc1ccc(OCCOCC)nc1C)C1CC1. The summed E-state index contributed by atoms with van der Waals surface area (Å²) in [6.45, 7) is 9.98. The van der Waals surface area contributed by atoms with Gasteiger partial charge < -0.3 is 19.5 Å². The molecule has 6 nitrogen and oxygen atoms in total. The molecule has 1 aromatic heterocycles. The number of carbonyl (C=O) groups is 1. The molecule has 25 heavy (non-hydrogen) atoms. The average Bonchev–Trinajstić information content (AvgIpc) is 3.44. The largest absolute Gasteiger partial charge is 0.475 e. The van der Waals surface area contributed by atoms with Crippen LogP contribution in [0.2, 0.25) is 0 Å². The van der Waals surface area contributed by atoms with Gasteiger partial charge in [0.25, 0.3) is 5.91 Å². The molecular formula is C19H30N2O4. The molecule has 140 valence electrons. The molecule has 1 N–H and O–H groups in total. The van der Waals surface area contributed by atoms with Gasteiger partial charge in [-0.15, -0.1) is 0 Å². The van der Waals surface area contributed by atoms with Crippen LogP contribution in [0.15, 0.2) is 12.1 Å². The van der Waals surface area contributed by atoms with Gasteiger partial charge in [0.15, 0.2) is 0 Å². The molecule has 1 aromatic rings. The van der Waals surface area contributed by atoms with E-state index < -0.39 is 5.60 Å². The number of hydrogen-bond donors (Lipinski definition) is 1. The summed E-state index contributed by atoms with van der Waals surface area (Å²) in [6, 6.07) is 3.58. The topological polar surface area (TPSA) is 69.7 Å². The smallest absolute Gasteiger partial charge is 0.256 e. The second kappa shape index (κ2) is 9.15. The highest BCUT2D eigenvalue weighted by atomic mass is 16.5. The molecule has 1 amide bonds. The van der Waals surface area contributed by atoms with E-state index in [0.717, 1.165) is 25.0 Å². The Morgan fingerprint density at radius 3 is 2.64 bits per heavy atom. The summed E-state index contributed by atoms with van der Waals surface area (Å²) in [5.41, 5.74) is 0.639. The third-order valence-electron chi connectivity index (χ3n) is 4.40. The van der Waals surface area contributed by atoms with Crippen molar-refractivity contribution in [1.29, 1.82) is 0 Å². The van der Waals surface area contributed by atoms with Gasteiger partial charge in [0.1, 0.15) is 12.2 Å². The molecule has 0 aliphatic heterocycles. The second-order valence-corrected chi connectivity index (χ2v) is 6.51. The number of aryl methyl sites for hydroxylation is 1. The first-order valence-electron chi connectivity index (χ1n) is 9.14. The molecule has 1 aliphatic rings. The fourth-order valence-electron chi connectivity index (χ4n) is 2.66. The number of anilines is 1. The van der Waals surface area contributed by atoms with E-state index in [1.54, 1.807) is 6.07 Å². The lowest BCUT2D eigenvalue weighted by molar-refractivity contribution is -0.142. The average molecular weight is 350 g/mol. The second-order valence-electron chi connectivity index (χ2n) is 6.51. The van der Waals surface area contributed by atoms with Crippen molar-refractivity contribution in [3.63, 3.8) is 0 Å². The van der Waals surface area contributed by atoms with Crippen molar-refractivity contribution < 1.29 is 19.0 Å². The van der Waals surface area contributed by atoms with Gasteiger partial charge in [-0.05, 0) is 52.0 Å². The standard InChI is InChI=1S/C19H30N2O4/c1-5-11-25-19(4,15-7-8-15)18(22)21-16-9-10-17(20-14(16)3)24-13-12-23-6-2/h9-10,15H,5-8,11-13H2,1-4H3,(H,21,22)/t19-/m0/s1. The van der Waals surface area contributed by atoms with Crippen LogP contribution in [0.4, 0.5) is 5.69 Å². The van der Waals surface area contributed by atoms with Crippen LogP contribution in [0.3, 0.4) is 0 Å². The zero-order valence-corrected chi connectivity index (χ0v) is 15.8. The molecule has 1 atom stereocenters. The van der Waals surface area contributed by atoms with Gasteiger partial charge >= 0.3 is 0 Å². The molecule has 0 aromatic carbocycles. The number of hydrogen-bond acceptors (Lipinski definition) is 5. The summed E-state index contributed by atoms with van der Waals surface area (Å²) in [5.74, 6) is 0.731. The Morgan fingerprint density at radius 1 is 1.28 bits per heavy atom. The minimum absolute atomic E-state index is 0.0987. The van der Waals surface area contributed by atoms with Gasteiger partial charge in [-0.2, -0.15) is 0 Å². The van der Waals surface area contributed by atoms with Crippen molar-refractivity contribution in [3.8, 4) is 5.88 Å². The van der Waals surface area contributed by atoms with Gasteiger partial charge in [-0.3, -0.25) is 4.79 Å². The molecule has 6 heteroatoms. The number of pyridine rings is 1. The third-order valence-corrected chi connectivity index (χ3v) is 4.40.